The number of aryl methyl sites for hydroxylation is 1. The number of nitrogens with zero attached hydrogens (tertiary/aromatic N) is 7. The Morgan fingerprint density at radius 2 is 1.08 bits per heavy atom. The molecule has 0 spiro atoms. The fourth-order valence-corrected chi connectivity index (χ4v) is 8.41. The zero-order valence-electron chi connectivity index (χ0n) is 36.9. The molecule has 3 heterocycles. The Morgan fingerprint density at radius 1 is 0.562 bits per heavy atom. The maximum absolute atomic E-state index is 13.7. The van der Waals surface area contributed by atoms with E-state index in [9.17, 15) is 9.59 Å². The molecule has 2 aromatic heterocycles. The van der Waals surface area contributed by atoms with E-state index in [2.05, 4.69) is 103 Å². The van der Waals surface area contributed by atoms with Gasteiger partial charge in [-0.3, -0.25) is 9.59 Å². The monoisotopic (exact) mass is 844 g/mol. The van der Waals surface area contributed by atoms with Crippen LogP contribution in [-0.2, 0) is 6.42 Å². The van der Waals surface area contributed by atoms with Crippen LogP contribution in [0.5, 0.6) is 0 Å². The summed E-state index contributed by atoms with van der Waals surface area (Å²) in [4.78, 5) is 54.0. The van der Waals surface area contributed by atoms with Gasteiger partial charge in [0, 0.05) is 72.6 Å². The molecular formula is C54H52N8O2. The first-order valence-electron chi connectivity index (χ1n) is 22.1. The molecule has 1 aliphatic rings. The molecule has 0 atom stereocenters. The lowest BCUT2D eigenvalue weighted by Gasteiger charge is -2.34. The molecule has 10 heteroatoms. The SMILES string of the molecule is CCN1CCN(C(=O)c2ccc3nc(-c4ccccc4)c(-c4cccc(Cc5cccc(-c6nc7ccc(C(=O)NCCN(C)C)cc7nc6-c6cccc(C)c6)c5)c4)nc3c2)CC1. The number of amides is 2. The van der Waals surface area contributed by atoms with Crippen molar-refractivity contribution < 1.29 is 9.59 Å². The molecule has 0 aliphatic carbocycles. The first kappa shape index (κ1) is 42.2. The van der Waals surface area contributed by atoms with Crippen LogP contribution in [0.1, 0.15) is 44.3 Å². The Hall–Kier alpha value is -7.14. The third-order valence-corrected chi connectivity index (χ3v) is 11.9. The molecule has 0 radical (unpaired) electrons. The highest BCUT2D eigenvalue weighted by molar-refractivity contribution is 5.99. The van der Waals surface area contributed by atoms with Crippen LogP contribution in [-0.4, -0.2) is 106 Å². The summed E-state index contributed by atoms with van der Waals surface area (Å²) in [5, 5.41) is 3.01. The Labute approximate surface area is 374 Å². The van der Waals surface area contributed by atoms with E-state index in [0.29, 0.717) is 53.7 Å². The average Bonchev–Trinajstić information content (AvgIpc) is 3.33. The van der Waals surface area contributed by atoms with Crippen molar-refractivity contribution in [3.63, 3.8) is 0 Å². The number of carbonyl (C=O) groups is 2. The van der Waals surface area contributed by atoms with Crippen molar-refractivity contribution in [1.29, 1.82) is 0 Å². The van der Waals surface area contributed by atoms with Crippen molar-refractivity contribution in [3.05, 3.63) is 167 Å². The summed E-state index contributed by atoms with van der Waals surface area (Å²) in [5.41, 5.74) is 14.3. The van der Waals surface area contributed by atoms with Gasteiger partial charge >= 0.3 is 0 Å². The fraction of sp³-hybridized carbons (Fsp3) is 0.222. The van der Waals surface area contributed by atoms with Crippen LogP contribution in [0.15, 0.2) is 140 Å². The molecule has 2 amide bonds. The van der Waals surface area contributed by atoms with Crippen molar-refractivity contribution in [3.8, 4) is 45.0 Å². The van der Waals surface area contributed by atoms with E-state index in [1.807, 2.05) is 84.6 Å². The van der Waals surface area contributed by atoms with Crippen molar-refractivity contribution in [2.24, 2.45) is 0 Å². The van der Waals surface area contributed by atoms with E-state index in [4.69, 9.17) is 19.9 Å². The smallest absolute Gasteiger partial charge is 0.254 e. The number of piperazine rings is 1. The number of hydrogen-bond acceptors (Lipinski definition) is 8. The summed E-state index contributed by atoms with van der Waals surface area (Å²) in [6.07, 6.45) is 0.667. The number of benzene rings is 6. The van der Waals surface area contributed by atoms with Crippen molar-refractivity contribution >= 4 is 33.9 Å². The van der Waals surface area contributed by atoms with Gasteiger partial charge in [0.2, 0.25) is 0 Å². The van der Waals surface area contributed by atoms with E-state index in [0.717, 1.165) is 93.4 Å². The first-order valence-corrected chi connectivity index (χ1v) is 22.1. The van der Waals surface area contributed by atoms with Crippen LogP contribution in [0, 0.1) is 6.92 Å². The topological polar surface area (TPSA) is 107 Å². The highest BCUT2D eigenvalue weighted by Crippen LogP contribution is 2.35. The average molecular weight is 845 g/mol. The number of rotatable bonds is 12. The Balaban J connectivity index is 1.05. The zero-order chi connectivity index (χ0) is 44.2. The van der Waals surface area contributed by atoms with Crippen LogP contribution >= 0.6 is 0 Å². The van der Waals surface area contributed by atoms with Gasteiger partial charge in [0.15, 0.2) is 0 Å². The van der Waals surface area contributed by atoms with E-state index in [1.54, 1.807) is 0 Å². The second-order valence-corrected chi connectivity index (χ2v) is 16.8. The quantitative estimate of drug-likeness (QED) is 0.130. The fourth-order valence-electron chi connectivity index (χ4n) is 8.41. The van der Waals surface area contributed by atoms with Gasteiger partial charge in [-0.05, 0) is 99.7 Å². The summed E-state index contributed by atoms with van der Waals surface area (Å²) >= 11 is 0. The summed E-state index contributed by atoms with van der Waals surface area (Å²) in [6, 6.07) is 46.7. The Bertz CT molecular complexity index is 3000. The lowest BCUT2D eigenvalue weighted by atomic mass is 9.96. The maximum Gasteiger partial charge on any atom is 0.254 e. The van der Waals surface area contributed by atoms with Crippen LogP contribution in [0.2, 0.25) is 0 Å². The lowest BCUT2D eigenvalue weighted by molar-refractivity contribution is 0.0643. The molecule has 0 saturated carbocycles. The molecule has 6 aromatic carbocycles. The molecule has 1 saturated heterocycles. The maximum atomic E-state index is 13.7. The molecular weight excluding hydrogens is 793 g/mol. The third-order valence-electron chi connectivity index (χ3n) is 11.9. The van der Waals surface area contributed by atoms with Crippen LogP contribution in [0.3, 0.4) is 0 Å². The number of fused-ring (bicyclic) bond motifs is 2. The molecule has 0 unspecified atom stereocenters. The van der Waals surface area contributed by atoms with Gasteiger partial charge < -0.3 is 20.0 Å². The molecule has 320 valence electrons. The molecule has 8 aromatic rings. The number of likely N-dealkylation sites (N-methyl/N-ethyl adjacent to an activating group) is 2. The van der Waals surface area contributed by atoms with Gasteiger partial charge in [-0.1, -0.05) is 97.4 Å². The standard InChI is InChI=1S/C54H52N8O2/c1-5-61-26-28-62(29-27-61)54(64)44-21-23-46-48(35-44)59-51(49(56-46)39-15-7-6-8-16-39)41-18-10-13-37(32-41)31-38-14-11-19-42(33-38)52-50(40-17-9-12-36(2)30-40)58-47-34-43(20-22-45(47)57-52)53(63)55-24-25-60(3)4/h6-23,30,32-35H,5,24-29,31H2,1-4H3,(H,55,63). The molecule has 0 bridgehead atoms. The normalized spacial score (nSPS) is 13.2. The largest absolute Gasteiger partial charge is 0.351 e. The summed E-state index contributed by atoms with van der Waals surface area (Å²) in [6.45, 7) is 9.73. The van der Waals surface area contributed by atoms with Crippen LogP contribution in [0.25, 0.3) is 67.1 Å². The van der Waals surface area contributed by atoms with Gasteiger partial charge in [-0.25, -0.2) is 19.9 Å². The third kappa shape index (κ3) is 9.29. The number of nitrogens with one attached hydrogen (secondary N) is 1. The van der Waals surface area contributed by atoms with E-state index < -0.39 is 0 Å². The molecule has 1 aliphatic heterocycles. The highest BCUT2D eigenvalue weighted by Gasteiger charge is 2.23. The minimum Gasteiger partial charge on any atom is -0.351 e. The molecule has 9 rings (SSSR count). The molecule has 1 N–H and O–H groups in total. The van der Waals surface area contributed by atoms with Crippen molar-refractivity contribution in [2.45, 2.75) is 20.3 Å². The van der Waals surface area contributed by atoms with Gasteiger partial charge in [-0.15, -0.1) is 0 Å². The molecule has 10 nitrogen and oxygen atoms in total. The van der Waals surface area contributed by atoms with Crippen molar-refractivity contribution in [2.75, 3.05) is 59.9 Å². The van der Waals surface area contributed by atoms with Crippen LogP contribution in [0.4, 0.5) is 0 Å². The van der Waals surface area contributed by atoms with E-state index in [-0.39, 0.29) is 11.8 Å². The minimum absolute atomic E-state index is 0.0304. The zero-order valence-corrected chi connectivity index (χ0v) is 36.9. The summed E-state index contributed by atoms with van der Waals surface area (Å²) < 4.78 is 0. The Kier molecular flexibility index (Phi) is 12.3. The van der Waals surface area contributed by atoms with Gasteiger partial charge in [0.05, 0.1) is 44.8 Å². The second-order valence-electron chi connectivity index (χ2n) is 16.8. The van der Waals surface area contributed by atoms with E-state index in [1.165, 1.54) is 0 Å². The van der Waals surface area contributed by atoms with Gasteiger partial charge in [0.25, 0.3) is 11.8 Å². The Morgan fingerprint density at radius 3 is 1.66 bits per heavy atom. The van der Waals surface area contributed by atoms with Crippen molar-refractivity contribution in [1.82, 2.24) is 40.0 Å². The number of carbonyl (C=O) groups excluding carboxylic acids is 2. The van der Waals surface area contributed by atoms with E-state index >= 15 is 0 Å². The minimum atomic E-state index is -0.134. The predicted molar refractivity (Wildman–Crippen MR) is 257 cm³/mol. The number of aromatic nitrogens is 4. The summed E-state index contributed by atoms with van der Waals surface area (Å²) in [7, 11) is 3.97. The van der Waals surface area contributed by atoms with Gasteiger partial charge in [-0.2, -0.15) is 0 Å². The number of hydrogen-bond donors (Lipinski definition) is 1. The van der Waals surface area contributed by atoms with Gasteiger partial charge in [0.1, 0.15) is 0 Å². The molecule has 64 heavy (non-hydrogen) atoms. The second kappa shape index (κ2) is 18.7. The summed E-state index contributed by atoms with van der Waals surface area (Å²) in [5.74, 6) is -0.104. The molecule has 1 fully saturated rings. The van der Waals surface area contributed by atoms with Crippen LogP contribution < -0.4 is 5.32 Å². The first-order chi connectivity index (χ1) is 31.2. The predicted octanol–water partition coefficient (Wildman–Crippen LogP) is 9.21. The lowest BCUT2D eigenvalue weighted by Crippen LogP contribution is -2.48. The highest BCUT2D eigenvalue weighted by atomic mass is 16.2.